The zero-order chi connectivity index (χ0) is 35.8. The topological polar surface area (TPSA) is 50.4 Å². The van der Waals surface area contributed by atoms with E-state index >= 15 is 0 Å². The molecule has 0 amide bonds. The molecule has 3 aromatic heterocycles. The van der Waals surface area contributed by atoms with Crippen LogP contribution in [0.25, 0.3) is 72.3 Å². The molecular weight excluding hydrogens is 830 g/mol. The van der Waals surface area contributed by atoms with E-state index in [1.807, 2.05) is 12.3 Å². The molecule has 0 spiro atoms. The van der Waals surface area contributed by atoms with Gasteiger partial charge in [-0.15, -0.1) is 6.07 Å². The van der Waals surface area contributed by atoms with E-state index in [2.05, 4.69) is 192 Å². The molecule has 0 saturated carbocycles. The van der Waals surface area contributed by atoms with Crippen molar-refractivity contribution >= 4 is 33.0 Å². The number of benzene rings is 6. The zero-order valence-corrected chi connectivity index (χ0v) is 31.8. The van der Waals surface area contributed by atoms with E-state index < -0.39 is 0 Å². The summed E-state index contributed by atoms with van der Waals surface area (Å²) < 4.78 is 6.66. The van der Waals surface area contributed by atoms with E-state index in [1.165, 1.54) is 10.9 Å². The SMILES string of the molecule is CC(C)(C)c1cc(-n2[c-][n+](-c3c(-c4ccccc4)cccc3-c3ccccc3)c3ccccc32)[c-]c(-n2c3ccccc3c3cccnc32)c1.[C-]#N.[Pt]. The van der Waals surface area contributed by atoms with E-state index in [-0.39, 0.29) is 26.5 Å². The molecule has 3 heterocycles. The average Bonchev–Trinajstić information content (AvgIpc) is 3.75. The molecule has 6 aromatic carbocycles. The van der Waals surface area contributed by atoms with Crippen LogP contribution in [0.15, 0.2) is 158 Å². The van der Waals surface area contributed by atoms with E-state index in [4.69, 9.17) is 16.8 Å². The fourth-order valence-electron chi connectivity index (χ4n) is 7.14. The molecule has 0 unspecified atom stereocenters. The van der Waals surface area contributed by atoms with Crippen LogP contribution in [0.2, 0.25) is 0 Å². The van der Waals surface area contributed by atoms with Crippen LogP contribution in [0.4, 0.5) is 0 Å². The number of pyridine rings is 1. The summed E-state index contributed by atoms with van der Waals surface area (Å²) in [5.41, 5.74) is 12.7. The Balaban J connectivity index is 0.00000143. The molecule has 0 bridgehead atoms. The minimum absolute atomic E-state index is 0. The van der Waals surface area contributed by atoms with Gasteiger partial charge in [0.1, 0.15) is 5.65 Å². The Morgan fingerprint density at radius 3 is 1.85 bits per heavy atom. The molecule has 9 rings (SSSR count). The summed E-state index contributed by atoms with van der Waals surface area (Å²) in [6.07, 6.45) is 5.72. The minimum atomic E-state index is -0.121. The maximum atomic E-state index is 6.25. The first-order chi connectivity index (χ1) is 25.5. The first-order valence-electron chi connectivity index (χ1n) is 17.3. The van der Waals surface area contributed by atoms with Crippen molar-refractivity contribution in [3.63, 3.8) is 0 Å². The molecule has 0 aliphatic carbocycles. The maximum Gasteiger partial charge on any atom is 0.268 e. The van der Waals surface area contributed by atoms with Crippen molar-refractivity contribution < 1.29 is 25.6 Å². The standard InChI is InChI=1S/C46H35N4.CN.Pt/c1-46(2,3)34-28-35(30-36(29-34)50-41-24-11-10-20-39(41)40-23-15-27-47-45(40)50)48-31-49(43-26-13-12-25-42(43)48)44-37(32-16-6-4-7-17-32)21-14-22-38(44)33-18-8-5-9-19-33;1-2;/h4-29H,1-3H3;;/q2*-1;. The largest absolute Gasteiger partial charge is 0.512 e. The van der Waals surface area contributed by atoms with Crippen LogP contribution in [0, 0.1) is 24.2 Å². The molecule has 6 heteroatoms. The van der Waals surface area contributed by atoms with Crippen molar-refractivity contribution in [1.29, 1.82) is 5.26 Å². The molecule has 0 radical (unpaired) electrons. The van der Waals surface area contributed by atoms with Gasteiger partial charge in [-0.2, -0.15) is 17.7 Å². The Bertz CT molecular complexity index is 2620. The predicted molar refractivity (Wildman–Crippen MR) is 209 cm³/mol. The van der Waals surface area contributed by atoms with Crippen molar-refractivity contribution in [2.24, 2.45) is 0 Å². The molecule has 0 aliphatic heterocycles. The van der Waals surface area contributed by atoms with Gasteiger partial charge in [0.25, 0.3) is 6.33 Å². The molecule has 0 saturated heterocycles. The smallest absolute Gasteiger partial charge is 0.268 e. The van der Waals surface area contributed by atoms with Crippen LogP contribution >= 0.6 is 0 Å². The third-order valence-corrected chi connectivity index (χ3v) is 9.61. The summed E-state index contributed by atoms with van der Waals surface area (Å²) in [6, 6.07) is 57.5. The van der Waals surface area contributed by atoms with Gasteiger partial charge in [-0.1, -0.05) is 148 Å². The second-order valence-corrected chi connectivity index (χ2v) is 13.8. The van der Waals surface area contributed by atoms with Gasteiger partial charge in [0.05, 0.1) is 22.2 Å². The van der Waals surface area contributed by atoms with Crippen LogP contribution < -0.4 is 4.57 Å². The maximum absolute atomic E-state index is 6.25. The Morgan fingerprint density at radius 2 is 1.19 bits per heavy atom. The number of hydrogen-bond donors (Lipinski definition) is 0. The molecule has 5 nitrogen and oxygen atoms in total. The Labute approximate surface area is 324 Å². The third kappa shape index (κ3) is 6.26. The molecule has 0 aliphatic rings. The first kappa shape index (κ1) is 35.3. The van der Waals surface area contributed by atoms with Crippen LogP contribution in [0.5, 0.6) is 0 Å². The average molecular weight is 865 g/mol. The fraction of sp³-hybridized carbons (Fsp3) is 0.0851. The number of para-hydroxylation sites is 4. The van der Waals surface area contributed by atoms with Gasteiger partial charge in [-0.05, 0) is 51.6 Å². The molecule has 9 aromatic rings. The fourth-order valence-corrected chi connectivity index (χ4v) is 7.14. The normalized spacial score (nSPS) is 11.3. The number of nitrogens with zero attached hydrogens (tertiary/aromatic N) is 5. The van der Waals surface area contributed by atoms with Gasteiger partial charge in [-0.25, -0.2) is 4.98 Å². The van der Waals surface area contributed by atoms with Crippen molar-refractivity contribution in [3.8, 4) is 39.3 Å². The third-order valence-electron chi connectivity index (χ3n) is 9.61. The van der Waals surface area contributed by atoms with E-state index in [9.17, 15) is 0 Å². The van der Waals surface area contributed by atoms with Crippen LogP contribution in [0.3, 0.4) is 0 Å². The van der Waals surface area contributed by atoms with E-state index in [1.54, 1.807) is 0 Å². The van der Waals surface area contributed by atoms with Crippen molar-refractivity contribution in [2.45, 2.75) is 26.2 Å². The number of imidazole rings is 1. The van der Waals surface area contributed by atoms with Crippen LogP contribution in [0.1, 0.15) is 26.3 Å². The summed E-state index contributed by atoms with van der Waals surface area (Å²) in [5.74, 6) is 0. The summed E-state index contributed by atoms with van der Waals surface area (Å²) in [5, 5.41) is 8.55. The first-order valence-corrected chi connectivity index (χ1v) is 17.3. The Kier molecular flexibility index (Phi) is 9.67. The summed E-state index contributed by atoms with van der Waals surface area (Å²) in [6.45, 7) is 11.5. The monoisotopic (exact) mass is 864 g/mol. The quantitative estimate of drug-likeness (QED) is 0.128. The Morgan fingerprint density at radius 1 is 0.623 bits per heavy atom. The molecule has 0 atom stereocenters. The van der Waals surface area contributed by atoms with Crippen LogP contribution in [-0.4, -0.2) is 14.1 Å². The molecule has 260 valence electrons. The zero-order valence-electron chi connectivity index (χ0n) is 29.6. The van der Waals surface area contributed by atoms with Crippen molar-refractivity contribution in [2.75, 3.05) is 0 Å². The van der Waals surface area contributed by atoms with Crippen molar-refractivity contribution in [1.82, 2.24) is 14.1 Å². The van der Waals surface area contributed by atoms with Crippen LogP contribution in [-0.2, 0) is 26.5 Å². The van der Waals surface area contributed by atoms with Gasteiger partial charge in [0.2, 0.25) is 0 Å². The summed E-state index contributed by atoms with van der Waals surface area (Å²) in [7, 11) is 0. The van der Waals surface area contributed by atoms with Gasteiger partial charge >= 0.3 is 0 Å². The number of fused-ring (bicyclic) bond motifs is 4. The van der Waals surface area contributed by atoms with Crippen molar-refractivity contribution in [3.05, 3.63) is 182 Å². The number of rotatable bonds is 5. The van der Waals surface area contributed by atoms with E-state index in [0.29, 0.717) is 0 Å². The van der Waals surface area contributed by atoms with Gasteiger partial charge < -0.3 is 21.0 Å². The minimum Gasteiger partial charge on any atom is -0.512 e. The number of aromatic nitrogens is 4. The second-order valence-electron chi connectivity index (χ2n) is 13.8. The number of hydrogen-bond acceptors (Lipinski definition) is 2. The van der Waals surface area contributed by atoms with Gasteiger partial charge in [-0.3, -0.25) is 4.57 Å². The molecule has 0 fully saturated rings. The van der Waals surface area contributed by atoms with Gasteiger partial charge in [0, 0.05) is 38.0 Å². The second kappa shape index (κ2) is 14.5. The molecule has 0 N–H and O–H groups in total. The predicted octanol–water partition coefficient (Wildman–Crippen LogP) is 10.7. The molecule has 53 heavy (non-hydrogen) atoms. The van der Waals surface area contributed by atoms with Gasteiger partial charge in [0.15, 0.2) is 0 Å². The summed E-state index contributed by atoms with van der Waals surface area (Å²) >= 11 is 0. The Hall–Kier alpha value is -6.08. The van der Waals surface area contributed by atoms with E-state index in [0.717, 1.165) is 66.9 Å². The molecular formula is C47H35N5Pt-2. The summed E-state index contributed by atoms with van der Waals surface area (Å²) in [4.78, 5) is 4.88.